The van der Waals surface area contributed by atoms with Crippen LogP contribution in [0.3, 0.4) is 0 Å². The molecule has 35 heavy (non-hydrogen) atoms. The molecule has 6 nitrogen and oxygen atoms in total. The number of aromatic nitrogens is 1. The first-order valence-electron chi connectivity index (χ1n) is 12.1. The average molecular weight is 466 g/mol. The van der Waals surface area contributed by atoms with Gasteiger partial charge in [-0.3, -0.25) is 14.5 Å². The molecule has 0 spiro atoms. The van der Waals surface area contributed by atoms with Crippen LogP contribution in [0.5, 0.6) is 0 Å². The Hall–Kier alpha value is -3.74. The van der Waals surface area contributed by atoms with Crippen molar-refractivity contribution in [3.05, 3.63) is 87.7 Å². The summed E-state index contributed by atoms with van der Waals surface area (Å²) in [4.78, 5) is 32.8. The second-order valence-corrected chi connectivity index (χ2v) is 9.19. The third-order valence-corrected chi connectivity index (χ3v) is 7.07. The second-order valence-electron chi connectivity index (χ2n) is 9.19. The van der Waals surface area contributed by atoms with Crippen LogP contribution in [0.4, 0.5) is 5.69 Å². The first kappa shape index (κ1) is 21.8. The number of aryl methyl sites for hydroxylation is 1. The van der Waals surface area contributed by atoms with Gasteiger partial charge in [-0.25, -0.2) is 0 Å². The standard InChI is InChI=1S/C29H27N3O3/c1-18-17-22(30-11-12-32-13-15-35-16-14-32)25-26-24(20-9-5-6-10-21(20)28(25)33)23(29(34)31-27(18)26)19-7-3-2-4-8-19/h2-10,17,30H,11-16H2,1H3,(H,31,34). The summed E-state index contributed by atoms with van der Waals surface area (Å²) < 4.78 is 5.45. The van der Waals surface area contributed by atoms with Crippen molar-refractivity contribution >= 4 is 22.4 Å². The highest BCUT2D eigenvalue weighted by atomic mass is 16.5. The van der Waals surface area contributed by atoms with Gasteiger partial charge in [-0.05, 0) is 29.7 Å². The van der Waals surface area contributed by atoms with E-state index >= 15 is 0 Å². The topological polar surface area (TPSA) is 74.4 Å². The van der Waals surface area contributed by atoms with Gasteiger partial charge in [-0.2, -0.15) is 0 Å². The molecular formula is C29H27N3O3. The average Bonchev–Trinajstić information content (AvgIpc) is 2.89. The van der Waals surface area contributed by atoms with Crippen molar-refractivity contribution in [3.63, 3.8) is 0 Å². The molecule has 176 valence electrons. The van der Waals surface area contributed by atoms with E-state index in [1.54, 1.807) is 0 Å². The maximum absolute atomic E-state index is 13.9. The molecule has 2 aliphatic rings. The Morgan fingerprint density at radius 3 is 2.40 bits per heavy atom. The van der Waals surface area contributed by atoms with Gasteiger partial charge in [0.2, 0.25) is 0 Å². The van der Waals surface area contributed by atoms with Gasteiger partial charge >= 0.3 is 0 Å². The van der Waals surface area contributed by atoms with Crippen molar-refractivity contribution in [3.8, 4) is 22.3 Å². The molecule has 0 amide bonds. The number of anilines is 1. The van der Waals surface area contributed by atoms with Crippen LogP contribution in [0.25, 0.3) is 33.2 Å². The first-order chi connectivity index (χ1) is 17.1. The molecule has 1 aliphatic carbocycles. The number of benzene rings is 3. The number of morpholine rings is 1. The molecular weight excluding hydrogens is 438 g/mol. The summed E-state index contributed by atoms with van der Waals surface area (Å²) in [5, 5.41) is 4.37. The van der Waals surface area contributed by atoms with Crippen LogP contribution in [0.15, 0.2) is 65.5 Å². The predicted octanol–water partition coefficient (Wildman–Crippen LogP) is 4.46. The monoisotopic (exact) mass is 465 g/mol. The summed E-state index contributed by atoms with van der Waals surface area (Å²) in [5.74, 6) is -0.0157. The fourth-order valence-corrected chi connectivity index (χ4v) is 5.38. The molecule has 3 aromatic carbocycles. The van der Waals surface area contributed by atoms with Gasteiger partial charge in [0.25, 0.3) is 5.56 Å². The third kappa shape index (κ3) is 3.66. The number of carbonyl (C=O) groups is 1. The molecule has 1 aliphatic heterocycles. The van der Waals surface area contributed by atoms with Gasteiger partial charge in [-0.15, -0.1) is 0 Å². The molecule has 6 rings (SSSR count). The van der Waals surface area contributed by atoms with E-state index in [1.165, 1.54) is 0 Å². The zero-order valence-corrected chi connectivity index (χ0v) is 19.7. The molecule has 1 fully saturated rings. The van der Waals surface area contributed by atoms with Gasteiger partial charge < -0.3 is 15.0 Å². The molecule has 0 unspecified atom stereocenters. The van der Waals surface area contributed by atoms with E-state index < -0.39 is 0 Å². The Kier molecular flexibility index (Phi) is 5.47. The lowest BCUT2D eigenvalue weighted by Gasteiger charge is -2.28. The zero-order valence-electron chi connectivity index (χ0n) is 19.7. The Bertz CT molecular complexity index is 1500. The number of aromatic amines is 1. The minimum Gasteiger partial charge on any atom is -0.383 e. The van der Waals surface area contributed by atoms with E-state index in [0.29, 0.717) is 16.7 Å². The molecule has 6 heteroatoms. The number of hydrogen-bond acceptors (Lipinski definition) is 5. The van der Waals surface area contributed by atoms with Gasteiger partial charge in [0.05, 0.1) is 29.9 Å². The molecule has 0 atom stereocenters. The molecule has 1 aromatic heterocycles. The summed E-state index contributed by atoms with van der Waals surface area (Å²) in [5.41, 5.74) is 6.67. The number of hydrogen-bond donors (Lipinski definition) is 2. The summed E-state index contributed by atoms with van der Waals surface area (Å²) >= 11 is 0. The number of H-pyrrole nitrogens is 1. The SMILES string of the molecule is Cc1cc(NCCN2CCOCC2)c2c3c(c(-c4ccccc4)c(=O)[nH]c13)-c1ccccc1C2=O. The number of rotatable bonds is 5. The molecule has 0 saturated carbocycles. The zero-order chi connectivity index (χ0) is 23.9. The summed E-state index contributed by atoms with van der Waals surface area (Å²) in [6.45, 7) is 6.94. The van der Waals surface area contributed by atoms with Crippen molar-refractivity contribution in [2.45, 2.75) is 6.92 Å². The fraction of sp³-hybridized carbons (Fsp3) is 0.241. The van der Waals surface area contributed by atoms with E-state index in [0.717, 1.165) is 78.2 Å². The van der Waals surface area contributed by atoms with E-state index in [4.69, 9.17) is 4.74 Å². The molecule has 0 radical (unpaired) electrons. The Labute approximate surface area is 203 Å². The van der Waals surface area contributed by atoms with Crippen LogP contribution < -0.4 is 10.9 Å². The number of nitrogens with zero attached hydrogens (tertiary/aromatic N) is 1. The number of fused-ring (bicyclic) bond motifs is 2. The summed E-state index contributed by atoms with van der Waals surface area (Å²) in [6.07, 6.45) is 0. The van der Waals surface area contributed by atoms with Crippen molar-refractivity contribution < 1.29 is 9.53 Å². The van der Waals surface area contributed by atoms with E-state index in [2.05, 4.69) is 15.2 Å². The highest BCUT2D eigenvalue weighted by molar-refractivity contribution is 6.29. The normalized spacial score (nSPS) is 15.3. The third-order valence-electron chi connectivity index (χ3n) is 7.07. The largest absolute Gasteiger partial charge is 0.383 e. The Balaban J connectivity index is 1.57. The lowest BCUT2D eigenvalue weighted by Crippen LogP contribution is -2.39. The van der Waals surface area contributed by atoms with Crippen molar-refractivity contribution in [2.75, 3.05) is 44.7 Å². The highest BCUT2D eigenvalue weighted by Crippen LogP contribution is 2.45. The van der Waals surface area contributed by atoms with Gasteiger partial charge in [0.15, 0.2) is 5.78 Å². The number of ether oxygens (including phenoxy) is 1. The molecule has 2 heterocycles. The van der Waals surface area contributed by atoms with Crippen molar-refractivity contribution in [1.29, 1.82) is 0 Å². The smallest absolute Gasteiger partial charge is 0.256 e. The minimum absolute atomic E-state index is 0.0157. The Morgan fingerprint density at radius 1 is 0.914 bits per heavy atom. The van der Waals surface area contributed by atoms with Crippen LogP contribution in [0.1, 0.15) is 21.5 Å². The maximum atomic E-state index is 13.9. The van der Waals surface area contributed by atoms with Crippen molar-refractivity contribution in [1.82, 2.24) is 9.88 Å². The van der Waals surface area contributed by atoms with Gasteiger partial charge in [-0.1, -0.05) is 54.6 Å². The molecule has 1 saturated heterocycles. The van der Waals surface area contributed by atoms with Gasteiger partial charge in [0, 0.05) is 48.4 Å². The van der Waals surface area contributed by atoms with Crippen LogP contribution >= 0.6 is 0 Å². The summed E-state index contributed by atoms with van der Waals surface area (Å²) in [6, 6.07) is 19.3. The molecule has 4 aromatic rings. The van der Waals surface area contributed by atoms with Crippen molar-refractivity contribution in [2.24, 2.45) is 0 Å². The minimum atomic E-state index is -0.148. The van der Waals surface area contributed by atoms with Gasteiger partial charge in [0.1, 0.15) is 0 Å². The lowest BCUT2D eigenvalue weighted by atomic mass is 9.79. The number of nitrogens with one attached hydrogen (secondary N) is 2. The molecule has 2 N–H and O–H groups in total. The number of carbonyl (C=O) groups excluding carboxylic acids is 1. The number of ketones is 1. The van der Waals surface area contributed by atoms with E-state index in [-0.39, 0.29) is 11.3 Å². The quantitative estimate of drug-likeness (QED) is 0.401. The van der Waals surface area contributed by atoms with Crippen LogP contribution in [-0.4, -0.2) is 55.1 Å². The predicted molar refractivity (Wildman–Crippen MR) is 139 cm³/mol. The fourth-order valence-electron chi connectivity index (χ4n) is 5.38. The Morgan fingerprint density at radius 2 is 1.63 bits per heavy atom. The summed E-state index contributed by atoms with van der Waals surface area (Å²) in [7, 11) is 0. The lowest BCUT2D eigenvalue weighted by molar-refractivity contribution is 0.0398. The van der Waals surface area contributed by atoms with E-state index in [9.17, 15) is 9.59 Å². The first-order valence-corrected chi connectivity index (χ1v) is 12.1. The molecule has 0 bridgehead atoms. The second kappa shape index (κ2) is 8.80. The highest BCUT2D eigenvalue weighted by Gasteiger charge is 2.32. The van der Waals surface area contributed by atoms with Crippen LogP contribution in [0, 0.1) is 6.92 Å². The number of pyridine rings is 1. The van der Waals surface area contributed by atoms with Crippen LogP contribution in [0.2, 0.25) is 0 Å². The maximum Gasteiger partial charge on any atom is 0.256 e. The van der Waals surface area contributed by atoms with Crippen LogP contribution in [-0.2, 0) is 4.74 Å². The van der Waals surface area contributed by atoms with E-state index in [1.807, 2.05) is 67.6 Å².